The summed E-state index contributed by atoms with van der Waals surface area (Å²) < 4.78 is 0. The number of hydrogen-bond acceptors (Lipinski definition) is 0. The molecule has 0 spiro atoms. The monoisotopic (exact) mass is 262 g/mol. The molecule has 2 fully saturated rings. The Morgan fingerprint density at radius 1 is 1.12 bits per heavy atom. The van der Waals surface area contributed by atoms with E-state index in [-0.39, 0.29) is 5.41 Å². The van der Waals surface area contributed by atoms with Crippen LogP contribution in [0.25, 0.3) is 0 Å². The highest BCUT2D eigenvalue weighted by atomic mass is 35.5. The van der Waals surface area contributed by atoms with Gasteiger partial charge in [-0.1, -0.05) is 20.3 Å². The minimum atomic E-state index is 0.179. The van der Waals surface area contributed by atoms with Crippen molar-refractivity contribution in [2.45, 2.75) is 46.0 Å². The molecule has 0 N–H and O–H groups in total. The third-order valence-electron chi connectivity index (χ3n) is 5.31. The van der Waals surface area contributed by atoms with Gasteiger partial charge in [0.25, 0.3) is 0 Å². The molecule has 0 aromatic carbocycles. The van der Waals surface area contributed by atoms with E-state index in [1.54, 1.807) is 0 Å². The molecule has 0 amide bonds. The zero-order valence-corrected chi connectivity index (χ0v) is 12.0. The quantitative estimate of drug-likeness (QED) is 0.617. The van der Waals surface area contributed by atoms with Crippen LogP contribution in [0.5, 0.6) is 0 Å². The lowest BCUT2D eigenvalue weighted by molar-refractivity contribution is 0.161. The van der Waals surface area contributed by atoms with Crippen molar-refractivity contribution in [1.82, 2.24) is 0 Å². The Balaban J connectivity index is 2.01. The highest BCUT2D eigenvalue weighted by molar-refractivity contribution is 6.21. The van der Waals surface area contributed by atoms with E-state index in [1.807, 2.05) is 0 Å². The molecule has 16 heavy (non-hydrogen) atoms. The lowest BCUT2D eigenvalue weighted by Gasteiger charge is -2.38. The fraction of sp³-hybridized carbons (Fsp3) is 1.00. The van der Waals surface area contributed by atoms with Gasteiger partial charge in [0, 0.05) is 11.8 Å². The largest absolute Gasteiger partial charge is 0.126 e. The second-order valence-electron chi connectivity index (χ2n) is 6.42. The van der Waals surface area contributed by atoms with E-state index in [2.05, 4.69) is 13.8 Å². The summed E-state index contributed by atoms with van der Waals surface area (Å²) in [5.41, 5.74) is 0.179. The third kappa shape index (κ3) is 2.25. The maximum atomic E-state index is 6.22. The average molecular weight is 263 g/mol. The van der Waals surface area contributed by atoms with Gasteiger partial charge in [0.2, 0.25) is 0 Å². The predicted octanol–water partition coefficient (Wildman–Crippen LogP) is 4.93. The molecule has 0 aromatic heterocycles. The Labute approximate surface area is 110 Å². The first-order chi connectivity index (χ1) is 7.61. The second kappa shape index (κ2) is 5.06. The van der Waals surface area contributed by atoms with Crippen molar-refractivity contribution in [1.29, 1.82) is 0 Å². The first-order valence-electron chi connectivity index (χ1n) is 6.73. The van der Waals surface area contributed by atoms with Gasteiger partial charge in [-0.2, -0.15) is 0 Å². The van der Waals surface area contributed by atoms with Crippen LogP contribution in [0.2, 0.25) is 0 Å². The van der Waals surface area contributed by atoms with Gasteiger partial charge in [0.15, 0.2) is 0 Å². The molecule has 2 heteroatoms. The summed E-state index contributed by atoms with van der Waals surface area (Å²) in [4.78, 5) is 0. The zero-order valence-electron chi connectivity index (χ0n) is 10.5. The summed E-state index contributed by atoms with van der Waals surface area (Å²) in [7, 11) is 0. The number of alkyl halides is 2. The van der Waals surface area contributed by atoms with Crippen molar-refractivity contribution < 1.29 is 0 Å². The summed E-state index contributed by atoms with van der Waals surface area (Å²) in [5, 5.41) is 0. The summed E-state index contributed by atoms with van der Waals surface area (Å²) in [6.07, 6.45) is 7.15. The van der Waals surface area contributed by atoms with Gasteiger partial charge in [-0.05, 0) is 54.8 Å². The molecule has 2 aliphatic carbocycles. The fourth-order valence-electron chi connectivity index (χ4n) is 3.84. The van der Waals surface area contributed by atoms with Gasteiger partial charge in [-0.15, -0.1) is 23.2 Å². The summed E-state index contributed by atoms with van der Waals surface area (Å²) in [6.45, 7) is 4.55. The average Bonchev–Trinajstić information content (AvgIpc) is 2.87. The lowest BCUT2D eigenvalue weighted by Crippen LogP contribution is -2.35. The molecular formula is C14H24Cl2. The molecule has 0 saturated heterocycles. The molecule has 2 aliphatic rings. The topological polar surface area (TPSA) is 0 Å². The van der Waals surface area contributed by atoms with Crippen LogP contribution in [-0.2, 0) is 0 Å². The van der Waals surface area contributed by atoms with Crippen LogP contribution < -0.4 is 0 Å². The van der Waals surface area contributed by atoms with Crippen molar-refractivity contribution >= 4 is 23.2 Å². The van der Waals surface area contributed by atoms with Crippen molar-refractivity contribution in [3.8, 4) is 0 Å². The molecule has 0 aromatic rings. The molecule has 2 rings (SSSR count). The molecular weight excluding hydrogens is 239 g/mol. The van der Waals surface area contributed by atoms with Gasteiger partial charge in [0.05, 0.1) is 0 Å². The molecule has 3 atom stereocenters. The van der Waals surface area contributed by atoms with Gasteiger partial charge < -0.3 is 0 Å². The van der Waals surface area contributed by atoms with Gasteiger partial charge in [-0.25, -0.2) is 0 Å². The fourth-order valence-corrected chi connectivity index (χ4v) is 4.96. The molecule has 2 bridgehead atoms. The standard InChI is InChI=1S/C14H24Cl2/c1-10(2)14(8-15,9-16)7-13-6-11-3-4-12(13)5-11/h10-13H,3-9H2,1-2H3. The first-order valence-corrected chi connectivity index (χ1v) is 7.80. The molecule has 3 unspecified atom stereocenters. The van der Waals surface area contributed by atoms with Crippen LogP contribution in [-0.4, -0.2) is 11.8 Å². The maximum absolute atomic E-state index is 6.22. The SMILES string of the molecule is CC(C)C(CCl)(CCl)CC1CC2CCC1C2. The molecule has 94 valence electrons. The van der Waals surface area contributed by atoms with Crippen LogP contribution >= 0.6 is 23.2 Å². The van der Waals surface area contributed by atoms with E-state index in [1.165, 1.54) is 32.1 Å². The van der Waals surface area contributed by atoms with Crippen LogP contribution in [0.3, 0.4) is 0 Å². The maximum Gasteiger partial charge on any atom is 0.0293 e. The Morgan fingerprint density at radius 2 is 1.81 bits per heavy atom. The summed E-state index contributed by atoms with van der Waals surface area (Å²) in [6, 6.07) is 0. The van der Waals surface area contributed by atoms with Crippen LogP contribution in [0.15, 0.2) is 0 Å². The van der Waals surface area contributed by atoms with E-state index in [0.717, 1.165) is 29.5 Å². The Hall–Kier alpha value is 0.580. The van der Waals surface area contributed by atoms with E-state index >= 15 is 0 Å². The summed E-state index contributed by atoms with van der Waals surface area (Å²) in [5.74, 6) is 4.99. The predicted molar refractivity (Wildman–Crippen MR) is 72.3 cm³/mol. The molecule has 2 saturated carbocycles. The van der Waals surface area contributed by atoms with Crippen molar-refractivity contribution in [2.75, 3.05) is 11.8 Å². The van der Waals surface area contributed by atoms with E-state index in [0.29, 0.717) is 5.92 Å². The number of fused-ring (bicyclic) bond motifs is 2. The highest BCUT2D eigenvalue weighted by Gasteiger charge is 2.44. The van der Waals surface area contributed by atoms with Gasteiger partial charge in [-0.3, -0.25) is 0 Å². The molecule has 0 heterocycles. The van der Waals surface area contributed by atoms with Crippen molar-refractivity contribution in [2.24, 2.45) is 29.1 Å². The van der Waals surface area contributed by atoms with E-state index in [4.69, 9.17) is 23.2 Å². The highest BCUT2D eigenvalue weighted by Crippen LogP contribution is 2.53. The molecule has 0 nitrogen and oxygen atoms in total. The minimum absolute atomic E-state index is 0.179. The van der Waals surface area contributed by atoms with E-state index < -0.39 is 0 Å². The molecule has 0 aliphatic heterocycles. The first kappa shape index (κ1) is 13.0. The van der Waals surface area contributed by atoms with Crippen LogP contribution in [0, 0.1) is 29.1 Å². The normalized spacial score (nSPS) is 33.9. The van der Waals surface area contributed by atoms with Gasteiger partial charge in [0.1, 0.15) is 0 Å². The number of halogens is 2. The Bertz CT molecular complexity index is 233. The minimum Gasteiger partial charge on any atom is -0.126 e. The third-order valence-corrected chi connectivity index (χ3v) is 6.37. The number of rotatable bonds is 5. The Kier molecular flexibility index (Phi) is 4.12. The Morgan fingerprint density at radius 3 is 2.19 bits per heavy atom. The molecule has 0 radical (unpaired) electrons. The van der Waals surface area contributed by atoms with Crippen LogP contribution in [0.4, 0.5) is 0 Å². The van der Waals surface area contributed by atoms with Crippen LogP contribution in [0.1, 0.15) is 46.0 Å². The number of hydrogen-bond donors (Lipinski definition) is 0. The smallest absolute Gasteiger partial charge is 0.0293 e. The zero-order chi connectivity index (χ0) is 11.8. The summed E-state index contributed by atoms with van der Waals surface area (Å²) >= 11 is 12.4. The van der Waals surface area contributed by atoms with Gasteiger partial charge >= 0.3 is 0 Å². The van der Waals surface area contributed by atoms with Crippen molar-refractivity contribution in [3.63, 3.8) is 0 Å². The van der Waals surface area contributed by atoms with Crippen molar-refractivity contribution in [3.05, 3.63) is 0 Å². The lowest BCUT2D eigenvalue weighted by atomic mass is 9.70. The van der Waals surface area contributed by atoms with E-state index in [9.17, 15) is 0 Å². The second-order valence-corrected chi connectivity index (χ2v) is 6.96.